The molecule has 0 aromatic carbocycles. The molecule has 0 saturated carbocycles. The van der Waals surface area contributed by atoms with Gasteiger partial charge in [-0.1, -0.05) is 18.3 Å². The zero-order valence-electron chi connectivity index (χ0n) is 13.7. The lowest BCUT2D eigenvalue weighted by molar-refractivity contribution is -0.131. The van der Waals surface area contributed by atoms with Crippen LogP contribution < -0.4 is 4.90 Å². The monoisotopic (exact) mass is 333 g/mol. The van der Waals surface area contributed by atoms with Crippen LogP contribution in [0.5, 0.6) is 0 Å². The Hall–Kier alpha value is -1.63. The van der Waals surface area contributed by atoms with Gasteiger partial charge in [0.25, 0.3) is 0 Å². The first-order chi connectivity index (χ1) is 11.2. The average Bonchev–Trinajstić information content (AvgIpc) is 3.26. The maximum Gasteiger partial charge on any atom is 0.222 e. The molecule has 4 heterocycles. The van der Waals surface area contributed by atoms with Crippen molar-refractivity contribution in [3.8, 4) is 0 Å². The van der Waals surface area contributed by atoms with Gasteiger partial charge in [0.15, 0.2) is 0 Å². The van der Waals surface area contributed by atoms with Gasteiger partial charge in [0.2, 0.25) is 16.0 Å². The number of likely N-dealkylation sites (tertiary alicyclic amines) is 1. The lowest BCUT2D eigenvalue weighted by Crippen LogP contribution is -2.48. The summed E-state index contributed by atoms with van der Waals surface area (Å²) < 4.78 is 1.88. The number of carbonyl (C=O) groups excluding carboxylic acids is 1. The molecule has 23 heavy (non-hydrogen) atoms. The Bertz CT molecular complexity index is 692. The van der Waals surface area contributed by atoms with Crippen LogP contribution in [-0.2, 0) is 4.79 Å². The van der Waals surface area contributed by atoms with E-state index < -0.39 is 0 Å². The van der Waals surface area contributed by atoms with E-state index in [4.69, 9.17) is 5.10 Å². The molecule has 0 unspecified atom stereocenters. The Morgan fingerprint density at radius 2 is 2.09 bits per heavy atom. The summed E-state index contributed by atoms with van der Waals surface area (Å²) in [5.41, 5.74) is 1.00. The maximum atomic E-state index is 12.2. The highest BCUT2D eigenvalue weighted by Gasteiger charge is 2.40. The van der Waals surface area contributed by atoms with E-state index in [0.29, 0.717) is 24.4 Å². The van der Waals surface area contributed by atoms with Crippen LogP contribution in [0.15, 0.2) is 6.20 Å². The van der Waals surface area contributed by atoms with Crippen LogP contribution in [0.2, 0.25) is 0 Å². The second-order valence-corrected chi connectivity index (χ2v) is 7.48. The number of fused-ring (bicyclic) bond motifs is 1. The molecule has 1 amide bonds. The van der Waals surface area contributed by atoms with Gasteiger partial charge < -0.3 is 9.80 Å². The van der Waals surface area contributed by atoms with E-state index in [0.717, 1.165) is 48.1 Å². The van der Waals surface area contributed by atoms with Crippen LogP contribution >= 0.6 is 11.3 Å². The smallest absolute Gasteiger partial charge is 0.222 e. The van der Waals surface area contributed by atoms with E-state index in [-0.39, 0.29) is 0 Å². The van der Waals surface area contributed by atoms with Gasteiger partial charge in [0.05, 0.1) is 24.0 Å². The van der Waals surface area contributed by atoms with Crippen molar-refractivity contribution in [1.82, 2.24) is 19.5 Å². The third-order valence-electron chi connectivity index (χ3n) is 5.06. The SMILES string of the molecule is CCC(=O)N1CCC[C@H]1[C@@H]1CCCN1c1nn2cc(C)nc2s1. The van der Waals surface area contributed by atoms with Gasteiger partial charge >= 0.3 is 0 Å². The summed E-state index contributed by atoms with van der Waals surface area (Å²) in [7, 11) is 0. The van der Waals surface area contributed by atoms with Gasteiger partial charge in [0, 0.05) is 19.5 Å². The Morgan fingerprint density at radius 1 is 1.30 bits per heavy atom. The minimum absolute atomic E-state index is 0.295. The molecule has 124 valence electrons. The standard InChI is InChI=1S/C16H23N5OS/c1-3-14(22)19-8-4-6-12(19)13-7-5-9-20(13)16-18-21-10-11(2)17-15(21)23-16/h10,12-13H,3-9H2,1-2H3/t12-,13-/m0/s1. The molecule has 0 bridgehead atoms. The van der Waals surface area contributed by atoms with Crippen LogP contribution in [0.1, 0.15) is 44.7 Å². The average molecular weight is 333 g/mol. The van der Waals surface area contributed by atoms with Gasteiger partial charge in [-0.25, -0.2) is 9.50 Å². The Kier molecular flexibility index (Phi) is 3.75. The molecule has 2 aromatic rings. The zero-order valence-corrected chi connectivity index (χ0v) is 14.6. The topological polar surface area (TPSA) is 53.7 Å². The number of anilines is 1. The molecular formula is C16H23N5OS. The number of aromatic nitrogens is 3. The Morgan fingerprint density at radius 3 is 2.87 bits per heavy atom. The van der Waals surface area contributed by atoms with E-state index in [1.165, 1.54) is 6.42 Å². The molecule has 2 atom stereocenters. The van der Waals surface area contributed by atoms with E-state index >= 15 is 0 Å². The van der Waals surface area contributed by atoms with Crippen molar-refractivity contribution < 1.29 is 4.79 Å². The van der Waals surface area contributed by atoms with E-state index in [9.17, 15) is 4.79 Å². The molecule has 2 aromatic heterocycles. The van der Waals surface area contributed by atoms with E-state index in [1.807, 2.05) is 24.6 Å². The molecule has 0 spiro atoms. The van der Waals surface area contributed by atoms with Crippen molar-refractivity contribution in [2.45, 2.75) is 58.0 Å². The largest absolute Gasteiger partial charge is 0.342 e. The number of hydrogen-bond acceptors (Lipinski definition) is 5. The van der Waals surface area contributed by atoms with Gasteiger partial charge in [0.1, 0.15) is 0 Å². The summed E-state index contributed by atoms with van der Waals surface area (Å²) in [6, 6.07) is 0.757. The summed E-state index contributed by atoms with van der Waals surface area (Å²) in [5, 5.41) is 5.77. The van der Waals surface area contributed by atoms with Crippen LogP contribution in [0.3, 0.4) is 0 Å². The van der Waals surface area contributed by atoms with Crippen LogP contribution in [0.4, 0.5) is 5.13 Å². The van der Waals surface area contributed by atoms with Crippen molar-refractivity contribution in [2.75, 3.05) is 18.0 Å². The maximum absolute atomic E-state index is 12.2. The first-order valence-electron chi connectivity index (χ1n) is 8.56. The molecular weight excluding hydrogens is 310 g/mol. The lowest BCUT2D eigenvalue weighted by atomic mass is 10.0. The van der Waals surface area contributed by atoms with Gasteiger partial charge in [-0.3, -0.25) is 4.79 Å². The normalized spacial score (nSPS) is 25.0. The molecule has 0 N–H and O–H groups in total. The Balaban J connectivity index is 1.60. The molecule has 2 aliphatic heterocycles. The van der Waals surface area contributed by atoms with Crippen LogP contribution in [0.25, 0.3) is 4.96 Å². The number of rotatable bonds is 3. The van der Waals surface area contributed by atoms with Crippen LogP contribution in [-0.4, -0.2) is 50.6 Å². The summed E-state index contributed by atoms with van der Waals surface area (Å²) >= 11 is 1.66. The molecule has 0 radical (unpaired) electrons. The second-order valence-electron chi connectivity index (χ2n) is 6.55. The highest BCUT2D eigenvalue weighted by atomic mass is 32.1. The molecule has 7 heteroatoms. The predicted octanol–water partition coefficient (Wildman–Crippen LogP) is 2.47. The summed E-state index contributed by atoms with van der Waals surface area (Å²) in [4.78, 5) is 22.2. The third kappa shape index (κ3) is 2.51. The fourth-order valence-corrected chi connectivity index (χ4v) is 5.06. The number of nitrogens with zero attached hydrogens (tertiary/aromatic N) is 5. The van der Waals surface area contributed by atoms with Crippen molar-refractivity contribution in [3.63, 3.8) is 0 Å². The van der Waals surface area contributed by atoms with Crippen molar-refractivity contribution >= 4 is 27.3 Å². The van der Waals surface area contributed by atoms with Crippen LogP contribution in [0, 0.1) is 6.92 Å². The molecule has 4 rings (SSSR count). The quantitative estimate of drug-likeness (QED) is 0.866. The van der Waals surface area contributed by atoms with Crippen molar-refractivity contribution in [2.24, 2.45) is 0 Å². The highest BCUT2D eigenvalue weighted by molar-refractivity contribution is 7.20. The first kappa shape index (κ1) is 14.9. The molecule has 2 aliphatic rings. The predicted molar refractivity (Wildman–Crippen MR) is 91.0 cm³/mol. The number of aryl methyl sites for hydroxylation is 1. The second kappa shape index (κ2) is 5.78. The fraction of sp³-hybridized carbons (Fsp3) is 0.688. The van der Waals surface area contributed by atoms with Gasteiger partial charge in [-0.05, 0) is 32.6 Å². The summed E-state index contributed by atoms with van der Waals surface area (Å²) in [6.07, 6.45) is 7.15. The van der Waals surface area contributed by atoms with E-state index in [1.54, 1.807) is 11.3 Å². The van der Waals surface area contributed by atoms with Gasteiger partial charge in [-0.15, -0.1) is 5.10 Å². The van der Waals surface area contributed by atoms with E-state index in [2.05, 4.69) is 14.8 Å². The lowest BCUT2D eigenvalue weighted by Gasteiger charge is -2.34. The number of hydrogen-bond donors (Lipinski definition) is 0. The minimum Gasteiger partial charge on any atom is -0.342 e. The molecule has 2 fully saturated rings. The molecule has 0 aliphatic carbocycles. The summed E-state index contributed by atoms with van der Waals surface area (Å²) in [6.45, 7) is 5.90. The van der Waals surface area contributed by atoms with Crippen molar-refractivity contribution in [3.05, 3.63) is 11.9 Å². The zero-order chi connectivity index (χ0) is 16.0. The number of carbonyl (C=O) groups is 1. The minimum atomic E-state index is 0.295. The first-order valence-corrected chi connectivity index (χ1v) is 9.38. The third-order valence-corrected chi connectivity index (χ3v) is 6.02. The molecule has 2 saturated heterocycles. The van der Waals surface area contributed by atoms with Crippen molar-refractivity contribution in [1.29, 1.82) is 0 Å². The summed E-state index contributed by atoms with van der Waals surface area (Å²) in [5.74, 6) is 0.295. The fourth-order valence-electron chi connectivity index (χ4n) is 4.05. The van der Waals surface area contributed by atoms with Gasteiger partial charge in [-0.2, -0.15) is 0 Å². The highest BCUT2D eigenvalue weighted by Crippen LogP contribution is 2.35. The Labute approximate surface area is 140 Å². The number of amides is 1. The molecule has 6 nitrogen and oxygen atoms in total. The number of imidazole rings is 1.